The van der Waals surface area contributed by atoms with Gasteiger partial charge in [-0.25, -0.2) is 8.42 Å². The van der Waals surface area contributed by atoms with Gasteiger partial charge in [0.1, 0.15) is 5.75 Å². The van der Waals surface area contributed by atoms with Crippen LogP contribution < -0.4 is 4.74 Å². The first-order chi connectivity index (χ1) is 11.6. The number of piperazine rings is 1. The van der Waals surface area contributed by atoms with Gasteiger partial charge < -0.3 is 9.47 Å². The first-order valence-electron chi connectivity index (χ1n) is 8.58. The highest BCUT2D eigenvalue weighted by Crippen LogP contribution is 2.21. The summed E-state index contributed by atoms with van der Waals surface area (Å²) in [4.78, 5) is 2.64. The van der Waals surface area contributed by atoms with Crippen LogP contribution in [0.4, 0.5) is 0 Å². The summed E-state index contributed by atoms with van der Waals surface area (Å²) in [6.45, 7) is 4.35. The molecule has 1 aromatic rings. The number of sulfonamides is 1. The summed E-state index contributed by atoms with van der Waals surface area (Å²) in [5, 5.41) is 0. The molecular formula is C17H26N2O4S. The van der Waals surface area contributed by atoms with E-state index in [1.807, 2.05) is 0 Å². The predicted octanol–water partition coefficient (Wildman–Crippen LogP) is 1.57. The van der Waals surface area contributed by atoms with Crippen LogP contribution in [0.25, 0.3) is 0 Å². The van der Waals surface area contributed by atoms with Crippen molar-refractivity contribution in [2.75, 3.05) is 46.4 Å². The lowest BCUT2D eigenvalue weighted by molar-refractivity contribution is -0.0103. The molecule has 0 amide bonds. The van der Waals surface area contributed by atoms with Crippen LogP contribution in [0.15, 0.2) is 29.2 Å². The van der Waals surface area contributed by atoms with Crippen molar-refractivity contribution in [1.82, 2.24) is 9.21 Å². The van der Waals surface area contributed by atoms with Crippen LogP contribution in [0.1, 0.15) is 19.3 Å². The maximum Gasteiger partial charge on any atom is 0.243 e. The third-order valence-corrected chi connectivity index (χ3v) is 6.68. The van der Waals surface area contributed by atoms with E-state index >= 15 is 0 Å². The molecule has 0 aromatic heterocycles. The Hall–Kier alpha value is -1.15. The van der Waals surface area contributed by atoms with Crippen molar-refractivity contribution in [2.24, 2.45) is 0 Å². The molecule has 1 aromatic carbocycles. The van der Waals surface area contributed by atoms with Crippen LogP contribution in [-0.2, 0) is 14.8 Å². The summed E-state index contributed by atoms with van der Waals surface area (Å²) < 4.78 is 37.9. The molecule has 3 rings (SSSR count). The summed E-state index contributed by atoms with van der Waals surface area (Å²) in [6, 6.07) is 6.58. The zero-order valence-electron chi connectivity index (χ0n) is 14.2. The minimum atomic E-state index is -3.42. The molecule has 24 heavy (non-hydrogen) atoms. The Balaban J connectivity index is 1.56. The van der Waals surface area contributed by atoms with Crippen molar-refractivity contribution in [3.05, 3.63) is 24.3 Å². The summed E-state index contributed by atoms with van der Waals surface area (Å²) in [6.07, 6.45) is 3.81. The van der Waals surface area contributed by atoms with Gasteiger partial charge in [0.05, 0.1) is 18.1 Å². The van der Waals surface area contributed by atoms with E-state index in [1.54, 1.807) is 35.7 Å². The van der Waals surface area contributed by atoms with Crippen molar-refractivity contribution in [2.45, 2.75) is 30.3 Å². The van der Waals surface area contributed by atoms with Crippen LogP contribution in [0.3, 0.4) is 0 Å². The summed E-state index contributed by atoms with van der Waals surface area (Å²) in [5.41, 5.74) is 0. The SMILES string of the molecule is COc1ccc(S(=O)(=O)N2CCN(C[C@@H]3CCCCO3)CC2)cc1. The van der Waals surface area contributed by atoms with E-state index in [9.17, 15) is 8.42 Å². The molecule has 0 spiro atoms. The second-order valence-electron chi connectivity index (χ2n) is 6.37. The molecule has 0 N–H and O–H groups in total. The zero-order valence-corrected chi connectivity index (χ0v) is 15.0. The van der Waals surface area contributed by atoms with E-state index < -0.39 is 10.0 Å². The van der Waals surface area contributed by atoms with Crippen molar-refractivity contribution < 1.29 is 17.9 Å². The molecule has 2 saturated heterocycles. The van der Waals surface area contributed by atoms with Gasteiger partial charge in [0.25, 0.3) is 0 Å². The number of rotatable bonds is 5. The lowest BCUT2D eigenvalue weighted by atomic mass is 10.1. The van der Waals surface area contributed by atoms with Gasteiger partial charge in [0, 0.05) is 39.3 Å². The van der Waals surface area contributed by atoms with E-state index in [4.69, 9.17) is 9.47 Å². The molecule has 134 valence electrons. The number of methoxy groups -OCH3 is 1. The molecule has 0 bridgehead atoms. The maximum absolute atomic E-state index is 12.7. The highest BCUT2D eigenvalue weighted by atomic mass is 32.2. The number of nitrogens with zero attached hydrogens (tertiary/aromatic N) is 2. The van der Waals surface area contributed by atoms with E-state index in [0.717, 1.165) is 39.1 Å². The molecule has 0 radical (unpaired) electrons. The number of hydrogen-bond donors (Lipinski definition) is 0. The van der Waals surface area contributed by atoms with Crippen LogP contribution in [-0.4, -0.2) is 70.2 Å². The van der Waals surface area contributed by atoms with E-state index in [-0.39, 0.29) is 0 Å². The van der Waals surface area contributed by atoms with Gasteiger partial charge in [0.15, 0.2) is 0 Å². The van der Waals surface area contributed by atoms with Crippen molar-refractivity contribution >= 4 is 10.0 Å². The fourth-order valence-corrected chi connectivity index (χ4v) is 4.71. The Morgan fingerprint density at radius 1 is 1.12 bits per heavy atom. The normalized spacial score (nSPS) is 24.0. The molecule has 2 aliphatic heterocycles. The molecule has 7 heteroatoms. The minimum Gasteiger partial charge on any atom is -0.497 e. The molecule has 0 aliphatic carbocycles. The van der Waals surface area contributed by atoms with Gasteiger partial charge in [0.2, 0.25) is 10.0 Å². The van der Waals surface area contributed by atoms with Crippen molar-refractivity contribution in [1.29, 1.82) is 0 Å². The highest BCUT2D eigenvalue weighted by Gasteiger charge is 2.29. The van der Waals surface area contributed by atoms with Gasteiger partial charge in [-0.15, -0.1) is 0 Å². The van der Waals surface area contributed by atoms with Gasteiger partial charge in [-0.3, -0.25) is 4.90 Å². The number of benzene rings is 1. The Kier molecular flexibility index (Phi) is 5.76. The Morgan fingerprint density at radius 2 is 1.83 bits per heavy atom. The first kappa shape index (κ1) is 17.7. The third-order valence-electron chi connectivity index (χ3n) is 4.76. The summed E-state index contributed by atoms with van der Waals surface area (Å²) in [5.74, 6) is 0.659. The fraction of sp³-hybridized carbons (Fsp3) is 0.647. The molecule has 2 heterocycles. The van der Waals surface area contributed by atoms with Gasteiger partial charge in [-0.1, -0.05) is 0 Å². The third kappa shape index (κ3) is 4.08. The fourth-order valence-electron chi connectivity index (χ4n) is 3.29. The average molecular weight is 354 g/mol. The summed E-state index contributed by atoms with van der Waals surface area (Å²) >= 11 is 0. The van der Waals surface area contributed by atoms with Crippen molar-refractivity contribution in [3.8, 4) is 5.75 Å². The summed E-state index contributed by atoms with van der Waals surface area (Å²) in [7, 11) is -1.86. The number of hydrogen-bond acceptors (Lipinski definition) is 5. The van der Waals surface area contributed by atoms with Crippen LogP contribution in [0.2, 0.25) is 0 Å². The molecule has 0 unspecified atom stereocenters. The topological polar surface area (TPSA) is 59.1 Å². The predicted molar refractivity (Wildman–Crippen MR) is 91.8 cm³/mol. The Labute approximate surface area is 144 Å². The maximum atomic E-state index is 12.7. The molecule has 2 aliphatic rings. The monoisotopic (exact) mass is 354 g/mol. The van der Waals surface area contributed by atoms with E-state index in [0.29, 0.717) is 29.8 Å². The lowest BCUT2D eigenvalue weighted by Gasteiger charge is -2.36. The average Bonchev–Trinajstić information content (AvgIpc) is 2.63. The largest absolute Gasteiger partial charge is 0.497 e. The quantitative estimate of drug-likeness (QED) is 0.803. The zero-order chi connectivity index (χ0) is 17.0. The second kappa shape index (κ2) is 7.82. The molecule has 6 nitrogen and oxygen atoms in total. The van der Waals surface area contributed by atoms with Gasteiger partial charge in [-0.2, -0.15) is 4.31 Å². The van der Waals surface area contributed by atoms with Gasteiger partial charge >= 0.3 is 0 Å². The Bertz CT molecular complexity index is 618. The minimum absolute atomic E-state index is 0.309. The molecule has 0 saturated carbocycles. The standard InChI is InChI=1S/C17H26N2O4S/c1-22-15-5-7-17(8-6-15)24(20,21)19-11-9-18(10-12-19)14-16-4-2-3-13-23-16/h5-8,16H,2-4,9-14H2,1H3/t16-/m0/s1. The van der Waals surface area contributed by atoms with Crippen LogP contribution in [0.5, 0.6) is 5.75 Å². The van der Waals surface area contributed by atoms with E-state index in [1.165, 1.54) is 6.42 Å². The Morgan fingerprint density at radius 3 is 2.42 bits per heavy atom. The highest BCUT2D eigenvalue weighted by molar-refractivity contribution is 7.89. The van der Waals surface area contributed by atoms with Crippen LogP contribution in [0, 0.1) is 0 Å². The molecule has 2 fully saturated rings. The second-order valence-corrected chi connectivity index (χ2v) is 8.31. The molecule has 1 atom stereocenters. The van der Waals surface area contributed by atoms with Crippen molar-refractivity contribution in [3.63, 3.8) is 0 Å². The molecular weight excluding hydrogens is 328 g/mol. The smallest absolute Gasteiger partial charge is 0.243 e. The van der Waals surface area contributed by atoms with E-state index in [2.05, 4.69) is 4.90 Å². The lowest BCUT2D eigenvalue weighted by Crippen LogP contribution is -2.50. The first-order valence-corrected chi connectivity index (χ1v) is 10.0. The number of ether oxygens (including phenoxy) is 2. The van der Waals surface area contributed by atoms with Crippen LogP contribution >= 0.6 is 0 Å². The van der Waals surface area contributed by atoms with Gasteiger partial charge in [-0.05, 0) is 43.5 Å².